The first-order valence-corrected chi connectivity index (χ1v) is 8.67. The number of amides is 1. The third kappa shape index (κ3) is 4.31. The SMILES string of the molecule is Cc1nn(-c2ccccc2)c(Cl)c1/C=N/NC(=O)Cc1ccc(Cl)cc1. The van der Waals surface area contributed by atoms with Crippen LogP contribution in [-0.2, 0) is 11.2 Å². The molecule has 0 aliphatic rings. The second-order valence-corrected chi connectivity index (χ2v) is 6.43. The Hall–Kier alpha value is -2.63. The van der Waals surface area contributed by atoms with Crippen LogP contribution in [0, 0.1) is 6.92 Å². The first-order chi connectivity index (χ1) is 12.5. The maximum absolute atomic E-state index is 12.0. The maximum atomic E-state index is 12.0. The lowest BCUT2D eigenvalue weighted by atomic mass is 10.1. The van der Waals surface area contributed by atoms with Crippen LogP contribution >= 0.6 is 23.2 Å². The molecule has 26 heavy (non-hydrogen) atoms. The summed E-state index contributed by atoms with van der Waals surface area (Å²) in [5, 5.41) is 9.48. The van der Waals surface area contributed by atoms with E-state index in [2.05, 4.69) is 15.6 Å². The molecule has 0 saturated carbocycles. The van der Waals surface area contributed by atoms with Crippen molar-refractivity contribution in [2.45, 2.75) is 13.3 Å². The van der Waals surface area contributed by atoms with Gasteiger partial charge in [-0.15, -0.1) is 0 Å². The standard InChI is InChI=1S/C19H16Cl2N4O/c1-13-17(19(21)25(24-13)16-5-3-2-4-6-16)12-22-23-18(26)11-14-7-9-15(20)10-8-14/h2-10,12H,11H2,1H3,(H,23,26)/b22-12+. The summed E-state index contributed by atoms with van der Waals surface area (Å²) < 4.78 is 1.63. The van der Waals surface area contributed by atoms with Crippen LogP contribution in [0.1, 0.15) is 16.8 Å². The fraction of sp³-hybridized carbons (Fsp3) is 0.105. The Morgan fingerprint density at radius 1 is 1.15 bits per heavy atom. The highest BCUT2D eigenvalue weighted by molar-refractivity contribution is 6.32. The first kappa shape index (κ1) is 18.2. The number of hydrogen-bond acceptors (Lipinski definition) is 3. The van der Waals surface area contributed by atoms with E-state index >= 15 is 0 Å². The normalized spacial score (nSPS) is 11.0. The van der Waals surface area contributed by atoms with Crippen LogP contribution in [0.15, 0.2) is 59.7 Å². The molecule has 7 heteroatoms. The molecule has 0 atom stereocenters. The van der Waals surface area contributed by atoms with E-state index in [1.807, 2.05) is 37.3 Å². The van der Waals surface area contributed by atoms with Gasteiger partial charge in [-0.1, -0.05) is 53.5 Å². The molecule has 0 radical (unpaired) electrons. The highest BCUT2D eigenvalue weighted by atomic mass is 35.5. The fourth-order valence-corrected chi connectivity index (χ4v) is 2.84. The summed E-state index contributed by atoms with van der Waals surface area (Å²) in [7, 11) is 0. The van der Waals surface area contributed by atoms with E-state index in [-0.39, 0.29) is 12.3 Å². The lowest BCUT2D eigenvalue weighted by Gasteiger charge is -2.02. The Kier molecular flexibility index (Phi) is 5.71. The Balaban J connectivity index is 1.68. The number of nitrogens with zero attached hydrogens (tertiary/aromatic N) is 3. The number of carbonyl (C=O) groups excluding carboxylic acids is 1. The van der Waals surface area contributed by atoms with Gasteiger partial charge in [0.25, 0.3) is 0 Å². The number of para-hydroxylation sites is 1. The van der Waals surface area contributed by atoms with Crippen LogP contribution in [0.25, 0.3) is 5.69 Å². The Morgan fingerprint density at radius 3 is 2.54 bits per heavy atom. The quantitative estimate of drug-likeness (QED) is 0.528. The van der Waals surface area contributed by atoms with Crippen molar-refractivity contribution in [1.82, 2.24) is 15.2 Å². The molecular formula is C19H16Cl2N4O. The second kappa shape index (κ2) is 8.17. The van der Waals surface area contributed by atoms with E-state index in [1.165, 1.54) is 6.21 Å². The predicted octanol–water partition coefficient (Wildman–Crippen LogP) is 4.18. The van der Waals surface area contributed by atoms with Gasteiger partial charge < -0.3 is 0 Å². The van der Waals surface area contributed by atoms with E-state index in [1.54, 1.807) is 28.9 Å². The van der Waals surface area contributed by atoms with Crippen LogP contribution in [0.4, 0.5) is 0 Å². The van der Waals surface area contributed by atoms with Gasteiger partial charge >= 0.3 is 0 Å². The van der Waals surface area contributed by atoms with Crippen LogP contribution in [0.2, 0.25) is 10.2 Å². The number of hydrogen-bond donors (Lipinski definition) is 1. The monoisotopic (exact) mass is 386 g/mol. The molecule has 3 aromatic rings. The summed E-state index contributed by atoms with van der Waals surface area (Å²) >= 11 is 12.2. The Bertz CT molecular complexity index is 934. The van der Waals surface area contributed by atoms with Crippen molar-refractivity contribution in [3.8, 4) is 5.69 Å². The summed E-state index contributed by atoms with van der Waals surface area (Å²) in [6.45, 7) is 1.84. The largest absolute Gasteiger partial charge is 0.273 e. The molecule has 1 N–H and O–H groups in total. The van der Waals surface area contributed by atoms with Crippen LogP contribution in [0.5, 0.6) is 0 Å². The van der Waals surface area contributed by atoms with Crippen molar-refractivity contribution in [2.24, 2.45) is 5.10 Å². The average molecular weight is 387 g/mol. The number of halogens is 2. The zero-order valence-corrected chi connectivity index (χ0v) is 15.5. The molecule has 1 amide bonds. The molecule has 0 aliphatic carbocycles. The molecule has 0 unspecified atom stereocenters. The lowest BCUT2D eigenvalue weighted by molar-refractivity contribution is -0.120. The molecule has 1 heterocycles. The smallest absolute Gasteiger partial charge is 0.244 e. The molecular weight excluding hydrogens is 371 g/mol. The number of benzene rings is 2. The summed E-state index contributed by atoms with van der Waals surface area (Å²) in [6.07, 6.45) is 1.72. The van der Waals surface area contributed by atoms with Gasteiger partial charge in [0.2, 0.25) is 5.91 Å². The molecule has 132 valence electrons. The second-order valence-electron chi connectivity index (χ2n) is 5.63. The lowest BCUT2D eigenvalue weighted by Crippen LogP contribution is -2.19. The number of carbonyl (C=O) groups is 1. The molecule has 0 fully saturated rings. The molecule has 1 aromatic heterocycles. The van der Waals surface area contributed by atoms with E-state index in [0.29, 0.717) is 15.7 Å². The van der Waals surface area contributed by atoms with E-state index < -0.39 is 0 Å². The predicted molar refractivity (Wildman–Crippen MR) is 104 cm³/mol. The number of hydrazone groups is 1. The van der Waals surface area contributed by atoms with Gasteiger partial charge in [0.1, 0.15) is 5.15 Å². The van der Waals surface area contributed by atoms with Gasteiger partial charge in [0.05, 0.1) is 29.6 Å². The highest BCUT2D eigenvalue weighted by Gasteiger charge is 2.13. The third-order valence-corrected chi connectivity index (χ3v) is 4.33. The van der Waals surface area contributed by atoms with E-state index in [0.717, 1.165) is 16.9 Å². The van der Waals surface area contributed by atoms with E-state index in [9.17, 15) is 4.79 Å². The maximum Gasteiger partial charge on any atom is 0.244 e. The van der Waals surface area contributed by atoms with Crippen molar-refractivity contribution in [3.05, 3.63) is 81.6 Å². The topological polar surface area (TPSA) is 59.3 Å². The molecule has 0 spiro atoms. The van der Waals surface area contributed by atoms with Crippen LogP contribution in [-0.4, -0.2) is 21.9 Å². The van der Waals surface area contributed by atoms with Gasteiger partial charge in [0.15, 0.2) is 0 Å². The minimum Gasteiger partial charge on any atom is -0.273 e. The molecule has 0 bridgehead atoms. The molecule has 2 aromatic carbocycles. The summed E-state index contributed by atoms with van der Waals surface area (Å²) in [5.41, 5.74) is 5.58. The van der Waals surface area contributed by atoms with Gasteiger partial charge in [-0.05, 0) is 36.8 Å². The van der Waals surface area contributed by atoms with Gasteiger partial charge in [0, 0.05) is 5.02 Å². The zero-order valence-electron chi connectivity index (χ0n) is 14.0. The average Bonchev–Trinajstić information content (AvgIpc) is 2.92. The van der Waals surface area contributed by atoms with Crippen molar-refractivity contribution in [1.29, 1.82) is 0 Å². The fourth-order valence-electron chi connectivity index (χ4n) is 2.39. The highest BCUT2D eigenvalue weighted by Crippen LogP contribution is 2.21. The van der Waals surface area contributed by atoms with Crippen molar-refractivity contribution < 1.29 is 4.79 Å². The minimum absolute atomic E-state index is 0.213. The van der Waals surface area contributed by atoms with Crippen molar-refractivity contribution in [2.75, 3.05) is 0 Å². The number of aromatic nitrogens is 2. The molecule has 0 saturated heterocycles. The third-order valence-electron chi connectivity index (χ3n) is 3.71. The number of aryl methyl sites for hydroxylation is 1. The number of nitrogens with one attached hydrogen (secondary N) is 1. The van der Waals surface area contributed by atoms with Crippen molar-refractivity contribution >= 4 is 35.3 Å². The summed E-state index contributed by atoms with van der Waals surface area (Å²) in [5.74, 6) is -0.229. The summed E-state index contributed by atoms with van der Waals surface area (Å²) in [4.78, 5) is 12.0. The van der Waals surface area contributed by atoms with Crippen LogP contribution in [0.3, 0.4) is 0 Å². The molecule has 0 aliphatic heterocycles. The minimum atomic E-state index is -0.229. The Labute approximate surface area is 161 Å². The van der Waals surface area contributed by atoms with E-state index in [4.69, 9.17) is 23.2 Å². The Morgan fingerprint density at radius 2 is 1.85 bits per heavy atom. The molecule has 5 nitrogen and oxygen atoms in total. The summed E-state index contributed by atoms with van der Waals surface area (Å²) in [6, 6.07) is 16.7. The zero-order chi connectivity index (χ0) is 18.5. The van der Waals surface area contributed by atoms with Crippen LogP contribution < -0.4 is 5.43 Å². The van der Waals surface area contributed by atoms with Crippen molar-refractivity contribution in [3.63, 3.8) is 0 Å². The van der Waals surface area contributed by atoms with Gasteiger partial charge in [-0.3, -0.25) is 4.79 Å². The number of rotatable bonds is 5. The van der Waals surface area contributed by atoms with Gasteiger partial charge in [-0.25, -0.2) is 10.1 Å². The first-order valence-electron chi connectivity index (χ1n) is 7.91. The molecule has 3 rings (SSSR count). The van der Waals surface area contributed by atoms with Gasteiger partial charge in [-0.2, -0.15) is 10.2 Å².